The second-order valence-electron chi connectivity index (χ2n) is 7.21. The SMILES string of the molecule is CC1CNCC[C@@H]2[C@@H]1c1cc(S(=O)(=O)c3ccccc3)ccc1N2C. The van der Waals surface area contributed by atoms with E-state index >= 15 is 0 Å². The van der Waals surface area contributed by atoms with Crippen molar-refractivity contribution in [2.24, 2.45) is 5.92 Å². The molecule has 0 radical (unpaired) electrons. The van der Waals surface area contributed by atoms with Crippen molar-refractivity contribution in [2.45, 2.75) is 35.1 Å². The van der Waals surface area contributed by atoms with Crippen molar-refractivity contribution in [2.75, 3.05) is 25.0 Å². The molecule has 132 valence electrons. The third-order valence-corrected chi connectivity index (χ3v) is 7.48. The second-order valence-corrected chi connectivity index (χ2v) is 9.16. The minimum atomic E-state index is -3.48. The summed E-state index contributed by atoms with van der Waals surface area (Å²) in [5, 5.41) is 3.50. The van der Waals surface area contributed by atoms with E-state index in [9.17, 15) is 8.42 Å². The van der Waals surface area contributed by atoms with Gasteiger partial charge >= 0.3 is 0 Å². The molecule has 0 saturated carbocycles. The van der Waals surface area contributed by atoms with Gasteiger partial charge in [0.2, 0.25) is 9.84 Å². The van der Waals surface area contributed by atoms with Gasteiger partial charge in [0, 0.05) is 24.7 Å². The highest BCUT2D eigenvalue weighted by atomic mass is 32.2. The molecule has 25 heavy (non-hydrogen) atoms. The van der Waals surface area contributed by atoms with E-state index < -0.39 is 9.84 Å². The van der Waals surface area contributed by atoms with Crippen LogP contribution in [-0.2, 0) is 9.84 Å². The van der Waals surface area contributed by atoms with Gasteiger partial charge in [-0.2, -0.15) is 0 Å². The smallest absolute Gasteiger partial charge is 0.206 e. The molecule has 2 aromatic carbocycles. The van der Waals surface area contributed by atoms with Crippen molar-refractivity contribution in [3.63, 3.8) is 0 Å². The minimum absolute atomic E-state index is 0.355. The number of anilines is 1. The van der Waals surface area contributed by atoms with Gasteiger partial charge in [0.05, 0.1) is 9.79 Å². The summed E-state index contributed by atoms with van der Waals surface area (Å²) in [6.45, 7) is 4.25. The number of hydrogen-bond acceptors (Lipinski definition) is 4. The van der Waals surface area contributed by atoms with E-state index in [1.54, 1.807) is 30.3 Å². The molecule has 2 aliphatic heterocycles. The Bertz CT molecular complexity index is 880. The summed E-state index contributed by atoms with van der Waals surface area (Å²) in [5.41, 5.74) is 2.36. The summed E-state index contributed by atoms with van der Waals surface area (Å²) < 4.78 is 26.0. The number of rotatable bonds is 2. The molecular formula is C20H24N2O2S. The highest BCUT2D eigenvalue weighted by Gasteiger charge is 2.41. The van der Waals surface area contributed by atoms with Gasteiger partial charge < -0.3 is 10.2 Å². The maximum atomic E-state index is 13.0. The topological polar surface area (TPSA) is 49.4 Å². The first kappa shape index (κ1) is 16.6. The van der Waals surface area contributed by atoms with Crippen LogP contribution < -0.4 is 10.2 Å². The second kappa shape index (κ2) is 6.15. The fraction of sp³-hybridized carbons (Fsp3) is 0.400. The van der Waals surface area contributed by atoms with Gasteiger partial charge in [0.25, 0.3) is 0 Å². The zero-order valence-corrected chi connectivity index (χ0v) is 15.5. The lowest BCUT2D eigenvalue weighted by Gasteiger charge is -2.27. The molecule has 0 amide bonds. The lowest BCUT2D eigenvalue weighted by atomic mass is 9.84. The predicted molar refractivity (Wildman–Crippen MR) is 99.9 cm³/mol. The largest absolute Gasteiger partial charge is 0.371 e. The van der Waals surface area contributed by atoms with E-state index in [0.717, 1.165) is 19.5 Å². The van der Waals surface area contributed by atoms with Crippen molar-refractivity contribution in [3.8, 4) is 0 Å². The van der Waals surface area contributed by atoms with Gasteiger partial charge in [-0.1, -0.05) is 25.1 Å². The number of nitrogens with one attached hydrogen (secondary N) is 1. The molecule has 1 fully saturated rings. The number of fused-ring (bicyclic) bond motifs is 3. The standard InChI is InChI=1S/C20H24N2O2S/c1-14-13-21-11-10-19-20(14)17-12-16(8-9-18(17)22(19)2)25(23,24)15-6-4-3-5-7-15/h3-9,12,14,19-21H,10-11,13H2,1-2H3/t14?,19-,20+/m1/s1. The number of sulfone groups is 1. The monoisotopic (exact) mass is 356 g/mol. The molecule has 1 N–H and O–H groups in total. The summed E-state index contributed by atoms with van der Waals surface area (Å²) >= 11 is 0. The molecule has 2 aliphatic rings. The first-order valence-electron chi connectivity index (χ1n) is 8.88. The zero-order chi connectivity index (χ0) is 17.6. The van der Waals surface area contributed by atoms with Crippen LogP contribution in [0.2, 0.25) is 0 Å². The maximum Gasteiger partial charge on any atom is 0.206 e. The van der Waals surface area contributed by atoms with Gasteiger partial charge in [-0.05, 0) is 61.3 Å². The van der Waals surface area contributed by atoms with Crippen molar-refractivity contribution in [1.29, 1.82) is 0 Å². The summed E-state index contributed by atoms with van der Waals surface area (Å²) in [4.78, 5) is 3.09. The van der Waals surface area contributed by atoms with E-state index in [2.05, 4.69) is 24.2 Å². The first-order chi connectivity index (χ1) is 12.0. The van der Waals surface area contributed by atoms with E-state index in [1.165, 1.54) is 11.3 Å². The number of nitrogens with zero attached hydrogens (tertiary/aromatic N) is 1. The predicted octanol–water partition coefficient (Wildman–Crippen LogP) is 3.05. The first-order valence-corrected chi connectivity index (χ1v) is 10.4. The molecule has 2 heterocycles. The van der Waals surface area contributed by atoms with Gasteiger partial charge in [-0.3, -0.25) is 0 Å². The third kappa shape index (κ3) is 2.66. The molecule has 5 heteroatoms. The van der Waals surface area contributed by atoms with Crippen LogP contribution in [-0.4, -0.2) is 34.6 Å². The van der Waals surface area contributed by atoms with Gasteiger partial charge in [-0.15, -0.1) is 0 Å². The Morgan fingerprint density at radius 1 is 1.08 bits per heavy atom. The van der Waals surface area contributed by atoms with E-state index in [4.69, 9.17) is 0 Å². The summed E-state index contributed by atoms with van der Waals surface area (Å²) in [7, 11) is -1.34. The Kier molecular flexibility index (Phi) is 4.08. The average Bonchev–Trinajstić information content (AvgIpc) is 2.77. The van der Waals surface area contributed by atoms with Crippen LogP contribution in [0.5, 0.6) is 0 Å². The molecule has 0 aliphatic carbocycles. The Morgan fingerprint density at radius 2 is 1.84 bits per heavy atom. The molecule has 0 spiro atoms. The van der Waals surface area contributed by atoms with Gasteiger partial charge in [0.15, 0.2) is 0 Å². The molecule has 0 aromatic heterocycles. The normalized spacial score (nSPS) is 26.0. The lowest BCUT2D eigenvalue weighted by molar-refractivity contribution is 0.424. The molecule has 1 saturated heterocycles. The van der Waals surface area contributed by atoms with Crippen molar-refractivity contribution >= 4 is 15.5 Å². The fourth-order valence-corrected chi connectivity index (χ4v) is 5.73. The Labute approximate surface area is 149 Å². The summed E-state index contributed by atoms with van der Waals surface area (Å²) in [6.07, 6.45) is 1.08. The Hall–Kier alpha value is -1.85. The number of benzene rings is 2. The molecule has 4 rings (SSSR count). The van der Waals surface area contributed by atoms with Crippen LogP contribution in [0.3, 0.4) is 0 Å². The van der Waals surface area contributed by atoms with Crippen LogP contribution in [0.4, 0.5) is 5.69 Å². The van der Waals surface area contributed by atoms with Crippen LogP contribution in [0.25, 0.3) is 0 Å². The molecule has 2 aromatic rings. The third-order valence-electron chi connectivity index (χ3n) is 5.71. The van der Waals surface area contributed by atoms with Gasteiger partial charge in [0.1, 0.15) is 0 Å². The average molecular weight is 356 g/mol. The highest BCUT2D eigenvalue weighted by Crippen LogP contribution is 2.46. The molecule has 0 bridgehead atoms. The van der Waals surface area contributed by atoms with E-state index in [-0.39, 0.29) is 0 Å². The molecule has 4 nitrogen and oxygen atoms in total. The van der Waals surface area contributed by atoms with Crippen molar-refractivity contribution in [3.05, 3.63) is 54.1 Å². The maximum absolute atomic E-state index is 13.0. The van der Waals surface area contributed by atoms with Crippen molar-refractivity contribution in [1.82, 2.24) is 5.32 Å². The van der Waals surface area contributed by atoms with Crippen LogP contribution in [0.1, 0.15) is 24.8 Å². The van der Waals surface area contributed by atoms with Gasteiger partial charge in [-0.25, -0.2) is 8.42 Å². The molecule has 1 unspecified atom stereocenters. The van der Waals surface area contributed by atoms with Crippen molar-refractivity contribution < 1.29 is 8.42 Å². The Morgan fingerprint density at radius 3 is 2.60 bits per heavy atom. The number of likely N-dealkylation sites (N-methyl/N-ethyl adjacent to an activating group) is 1. The van der Waals surface area contributed by atoms with Crippen LogP contribution in [0.15, 0.2) is 58.3 Å². The summed E-state index contributed by atoms with van der Waals surface area (Å²) in [5.74, 6) is 0.854. The van der Waals surface area contributed by atoms with Crippen LogP contribution >= 0.6 is 0 Å². The number of hydrogen-bond donors (Lipinski definition) is 1. The highest BCUT2D eigenvalue weighted by molar-refractivity contribution is 7.91. The molecular weight excluding hydrogens is 332 g/mol. The fourth-order valence-electron chi connectivity index (χ4n) is 4.42. The molecule has 3 atom stereocenters. The summed E-state index contributed by atoms with van der Waals surface area (Å²) in [6, 6.07) is 14.8. The minimum Gasteiger partial charge on any atom is -0.371 e. The lowest BCUT2D eigenvalue weighted by Crippen LogP contribution is -2.32. The van der Waals surface area contributed by atoms with E-state index in [0.29, 0.717) is 27.7 Å². The van der Waals surface area contributed by atoms with Crippen LogP contribution in [0, 0.1) is 5.92 Å². The zero-order valence-electron chi connectivity index (χ0n) is 14.6. The Balaban J connectivity index is 1.81. The van der Waals surface area contributed by atoms with E-state index in [1.807, 2.05) is 18.2 Å². The quantitative estimate of drug-likeness (QED) is 0.898.